The second-order valence-electron chi connectivity index (χ2n) is 2.80. The van der Waals surface area contributed by atoms with Crippen LogP contribution in [0.4, 0.5) is 22.0 Å². The maximum atomic E-state index is 12.5. The fourth-order valence-corrected chi connectivity index (χ4v) is 2.02. The van der Waals surface area contributed by atoms with Crippen LogP contribution in [-0.2, 0) is 5.88 Å². The molecule has 0 bridgehead atoms. The van der Waals surface area contributed by atoms with Crippen molar-refractivity contribution < 1.29 is 26.7 Å². The van der Waals surface area contributed by atoms with Crippen molar-refractivity contribution >= 4 is 34.2 Å². The Morgan fingerprint density at radius 1 is 1.41 bits per heavy atom. The molecule has 0 N–H and O–H groups in total. The zero-order valence-corrected chi connectivity index (χ0v) is 10.8. The monoisotopic (exact) mass is 387 g/mol. The number of rotatable bonds is 3. The normalized spacial score (nSPS) is 12.0. The highest BCUT2D eigenvalue weighted by molar-refractivity contribution is 14.1. The van der Waals surface area contributed by atoms with Gasteiger partial charge in [0, 0.05) is 5.56 Å². The minimum absolute atomic E-state index is 0.113. The highest BCUT2D eigenvalue weighted by atomic mass is 127. The third-order valence-electron chi connectivity index (χ3n) is 1.62. The summed E-state index contributed by atoms with van der Waals surface area (Å²) in [5, 5.41) is 0. The number of alkyl halides is 6. The molecule has 2 nitrogen and oxygen atoms in total. The van der Waals surface area contributed by atoms with E-state index in [9.17, 15) is 22.0 Å². The molecule has 1 aromatic heterocycles. The van der Waals surface area contributed by atoms with E-state index in [0.717, 1.165) is 6.07 Å². The Hall–Kier alpha value is -0.380. The first-order valence-corrected chi connectivity index (χ1v) is 5.65. The maximum Gasteiger partial charge on any atom is 0.573 e. The number of ether oxygens (including phenoxy) is 1. The Labute approximate surface area is 111 Å². The maximum absolute atomic E-state index is 12.5. The SMILES string of the molecule is FC(F)c1nc(I)c(CCl)cc1OC(F)(F)F. The number of nitrogens with zero attached hydrogens (tertiary/aromatic N) is 1. The lowest BCUT2D eigenvalue weighted by atomic mass is 10.2. The van der Waals surface area contributed by atoms with Crippen molar-refractivity contribution in [2.75, 3.05) is 0 Å². The lowest BCUT2D eigenvalue weighted by molar-refractivity contribution is -0.275. The van der Waals surface area contributed by atoms with Crippen molar-refractivity contribution in [3.63, 3.8) is 0 Å². The molecule has 9 heteroatoms. The molecule has 17 heavy (non-hydrogen) atoms. The summed E-state index contributed by atoms with van der Waals surface area (Å²) in [6.45, 7) is 0. The van der Waals surface area contributed by atoms with Gasteiger partial charge in [0.15, 0.2) is 5.75 Å². The predicted octanol–water partition coefficient (Wildman–Crippen LogP) is 4.26. The van der Waals surface area contributed by atoms with Gasteiger partial charge in [-0.2, -0.15) is 0 Å². The topological polar surface area (TPSA) is 22.1 Å². The van der Waals surface area contributed by atoms with Crippen LogP contribution in [0.15, 0.2) is 6.07 Å². The number of hydrogen-bond acceptors (Lipinski definition) is 2. The smallest absolute Gasteiger partial charge is 0.404 e. The Morgan fingerprint density at radius 3 is 2.41 bits per heavy atom. The Balaban J connectivity index is 3.24. The first-order chi connectivity index (χ1) is 7.74. The number of halogens is 7. The van der Waals surface area contributed by atoms with Crippen LogP contribution in [0.2, 0.25) is 0 Å². The molecule has 0 saturated carbocycles. The van der Waals surface area contributed by atoms with E-state index in [0.29, 0.717) is 0 Å². The quantitative estimate of drug-likeness (QED) is 0.335. The number of pyridine rings is 1. The molecule has 0 aliphatic carbocycles. The molecule has 1 aromatic rings. The molecule has 1 rings (SSSR count). The zero-order valence-electron chi connectivity index (χ0n) is 7.86. The van der Waals surface area contributed by atoms with Crippen molar-refractivity contribution in [2.24, 2.45) is 0 Å². The van der Waals surface area contributed by atoms with Crippen molar-refractivity contribution in [1.29, 1.82) is 0 Å². The summed E-state index contributed by atoms with van der Waals surface area (Å²) >= 11 is 7.05. The molecule has 0 aliphatic heterocycles. The van der Waals surface area contributed by atoms with Crippen LogP contribution < -0.4 is 4.74 Å². The van der Waals surface area contributed by atoms with Gasteiger partial charge in [0.25, 0.3) is 6.43 Å². The lowest BCUT2D eigenvalue weighted by Crippen LogP contribution is -2.19. The Kier molecular flexibility index (Phi) is 4.76. The molecule has 1 heterocycles. The molecule has 0 spiro atoms. The first kappa shape index (κ1) is 14.7. The summed E-state index contributed by atoms with van der Waals surface area (Å²) in [5.74, 6) is -1.17. The average Bonchev–Trinajstić information content (AvgIpc) is 2.17. The summed E-state index contributed by atoms with van der Waals surface area (Å²) in [7, 11) is 0. The third-order valence-corrected chi connectivity index (χ3v) is 2.84. The van der Waals surface area contributed by atoms with Gasteiger partial charge in [-0.1, -0.05) is 0 Å². The van der Waals surface area contributed by atoms with E-state index in [1.165, 1.54) is 0 Å². The summed E-state index contributed by atoms with van der Waals surface area (Å²) in [5.41, 5.74) is -0.864. The van der Waals surface area contributed by atoms with Crippen LogP contribution >= 0.6 is 34.2 Å². The minimum Gasteiger partial charge on any atom is -0.404 e. The van der Waals surface area contributed by atoms with Crippen molar-refractivity contribution in [3.8, 4) is 5.75 Å². The van der Waals surface area contributed by atoms with Crippen LogP contribution in [0.3, 0.4) is 0 Å². The molecule has 0 fully saturated rings. The summed E-state index contributed by atoms with van der Waals surface area (Å²) < 4.78 is 64.5. The summed E-state index contributed by atoms with van der Waals surface area (Å²) in [4.78, 5) is 3.35. The van der Waals surface area contributed by atoms with Gasteiger partial charge in [0.2, 0.25) is 0 Å². The molecule has 0 radical (unpaired) electrons. The van der Waals surface area contributed by atoms with E-state index < -0.39 is 24.2 Å². The van der Waals surface area contributed by atoms with Crippen LogP contribution in [0, 0.1) is 3.70 Å². The van der Waals surface area contributed by atoms with E-state index in [2.05, 4.69) is 9.72 Å². The van der Waals surface area contributed by atoms with E-state index in [1.54, 1.807) is 22.6 Å². The lowest BCUT2D eigenvalue weighted by Gasteiger charge is -2.14. The van der Waals surface area contributed by atoms with E-state index >= 15 is 0 Å². The van der Waals surface area contributed by atoms with Gasteiger partial charge in [0.1, 0.15) is 9.39 Å². The van der Waals surface area contributed by atoms with Gasteiger partial charge in [-0.05, 0) is 28.7 Å². The molecule has 0 saturated heterocycles. The Bertz CT molecular complexity index is 412. The summed E-state index contributed by atoms with van der Waals surface area (Å²) in [6, 6.07) is 0.816. The predicted molar refractivity (Wildman–Crippen MR) is 58.2 cm³/mol. The van der Waals surface area contributed by atoms with E-state index in [4.69, 9.17) is 11.6 Å². The molecule has 0 amide bonds. The second-order valence-corrected chi connectivity index (χ2v) is 4.09. The van der Waals surface area contributed by atoms with Crippen LogP contribution in [0.25, 0.3) is 0 Å². The van der Waals surface area contributed by atoms with Gasteiger partial charge in [-0.15, -0.1) is 24.8 Å². The van der Waals surface area contributed by atoms with Gasteiger partial charge >= 0.3 is 6.36 Å². The molecule has 0 unspecified atom stereocenters. The molecular formula is C8H4ClF5INO. The minimum atomic E-state index is -5.05. The fourth-order valence-electron chi connectivity index (χ4n) is 0.981. The zero-order chi connectivity index (χ0) is 13.2. The summed E-state index contributed by atoms with van der Waals surface area (Å²) in [6.07, 6.45) is -8.22. The number of hydrogen-bond donors (Lipinski definition) is 0. The van der Waals surface area contributed by atoms with Gasteiger partial charge in [0.05, 0.1) is 5.88 Å². The highest BCUT2D eigenvalue weighted by Crippen LogP contribution is 2.33. The third kappa shape index (κ3) is 4.09. The van der Waals surface area contributed by atoms with Gasteiger partial charge < -0.3 is 4.74 Å². The van der Waals surface area contributed by atoms with Crippen molar-refractivity contribution in [1.82, 2.24) is 4.98 Å². The van der Waals surface area contributed by atoms with Gasteiger partial charge in [-0.3, -0.25) is 0 Å². The fraction of sp³-hybridized carbons (Fsp3) is 0.375. The number of aromatic nitrogens is 1. The molecule has 0 atom stereocenters. The molecular weight excluding hydrogens is 383 g/mol. The second kappa shape index (κ2) is 5.51. The molecule has 0 aromatic carbocycles. The molecule has 96 valence electrons. The standard InChI is InChI=1S/C8H4ClF5INO/c9-2-3-1-4(17-8(12,13)14)5(6(10)11)16-7(3)15/h1,6H,2H2. The van der Waals surface area contributed by atoms with E-state index in [1.807, 2.05) is 0 Å². The van der Waals surface area contributed by atoms with Crippen molar-refractivity contribution in [3.05, 3.63) is 21.0 Å². The van der Waals surface area contributed by atoms with Crippen LogP contribution in [0.1, 0.15) is 17.7 Å². The Morgan fingerprint density at radius 2 is 2.00 bits per heavy atom. The van der Waals surface area contributed by atoms with Crippen molar-refractivity contribution in [2.45, 2.75) is 18.7 Å². The van der Waals surface area contributed by atoms with Gasteiger partial charge in [-0.25, -0.2) is 13.8 Å². The largest absolute Gasteiger partial charge is 0.573 e. The van der Waals surface area contributed by atoms with E-state index in [-0.39, 0.29) is 15.1 Å². The van der Waals surface area contributed by atoms with Crippen LogP contribution in [-0.4, -0.2) is 11.3 Å². The van der Waals surface area contributed by atoms with Crippen LogP contribution in [0.5, 0.6) is 5.75 Å². The molecule has 0 aliphatic rings. The highest BCUT2D eigenvalue weighted by Gasteiger charge is 2.34. The first-order valence-electron chi connectivity index (χ1n) is 4.03. The average molecular weight is 387 g/mol.